The van der Waals surface area contributed by atoms with Gasteiger partial charge in [0.2, 0.25) is 0 Å². The number of nitrogens with zero attached hydrogens (tertiary/aromatic N) is 1. The van der Waals surface area contributed by atoms with Crippen LogP contribution in [0.1, 0.15) is 52.0 Å². The van der Waals surface area contributed by atoms with E-state index in [1.165, 1.54) is 43.5 Å². The Morgan fingerprint density at radius 2 is 1.94 bits per heavy atom. The minimum absolute atomic E-state index is 0.851. The van der Waals surface area contributed by atoms with Crippen LogP contribution >= 0.6 is 0 Å². The van der Waals surface area contributed by atoms with Gasteiger partial charge in [0.05, 0.1) is 0 Å². The third kappa shape index (κ3) is 5.12. The number of aryl methyl sites for hydroxylation is 1. The summed E-state index contributed by atoms with van der Waals surface area (Å²) in [6.45, 7) is 11.4. The lowest BCUT2D eigenvalue weighted by Gasteiger charge is -2.25. The van der Waals surface area contributed by atoms with Crippen molar-refractivity contribution >= 4 is 5.69 Å². The summed E-state index contributed by atoms with van der Waals surface area (Å²) in [7, 11) is 0. The molecule has 18 heavy (non-hydrogen) atoms. The monoisotopic (exact) mass is 247 g/mol. The largest absolute Gasteiger partial charge is 0.372 e. The fourth-order valence-corrected chi connectivity index (χ4v) is 2.37. The molecule has 0 bridgehead atoms. The van der Waals surface area contributed by atoms with Gasteiger partial charge < -0.3 is 4.90 Å². The molecule has 1 unspecified atom stereocenters. The summed E-state index contributed by atoms with van der Waals surface area (Å²) in [4.78, 5) is 2.50. The van der Waals surface area contributed by atoms with Gasteiger partial charge in [-0.05, 0) is 43.9 Å². The average Bonchev–Trinajstić information content (AvgIpc) is 2.37. The molecule has 0 spiro atoms. The molecule has 0 saturated heterocycles. The van der Waals surface area contributed by atoms with Crippen molar-refractivity contribution in [3.63, 3.8) is 0 Å². The highest BCUT2D eigenvalue weighted by Crippen LogP contribution is 2.18. The van der Waals surface area contributed by atoms with Crippen molar-refractivity contribution in [2.45, 2.75) is 53.4 Å². The number of hydrogen-bond donors (Lipinski definition) is 0. The molecule has 0 amide bonds. The van der Waals surface area contributed by atoms with Crippen molar-refractivity contribution in [1.82, 2.24) is 0 Å². The Kier molecular flexibility index (Phi) is 6.85. The third-order valence-corrected chi connectivity index (χ3v) is 3.69. The number of benzene rings is 1. The lowest BCUT2D eigenvalue weighted by Crippen LogP contribution is -2.25. The van der Waals surface area contributed by atoms with Crippen LogP contribution in [0.15, 0.2) is 24.3 Å². The van der Waals surface area contributed by atoms with Crippen molar-refractivity contribution in [2.24, 2.45) is 5.92 Å². The van der Waals surface area contributed by atoms with Gasteiger partial charge in [-0.3, -0.25) is 0 Å². The molecular formula is C17H29N. The molecule has 0 aliphatic heterocycles. The second-order valence-electron chi connectivity index (χ2n) is 5.45. The molecular weight excluding hydrogens is 218 g/mol. The van der Waals surface area contributed by atoms with E-state index in [9.17, 15) is 0 Å². The Hall–Kier alpha value is -0.980. The summed E-state index contributed by atoms with van der Waals surface area (Å²) in [6, 6.07) is 8.85. The number of rotatable bonds is 8. The van der Waals surface area contributed by atoms with E-state index in [-0.39, 0.29) is 0 Å². The van der Waals surface area contributed by atoms with Crippen LogP contribution in [0.5, 0.6) is 0 Å². The highest BCUT2D eigenvalue weighted by atomic mass is 15.1. The summed E-state index contributed by atoms with van der Waals surface area (Å²) < 4.78 is 0. The van der Waals surface area contributed by atoms with E-state index >= 15 is 0 Å². The summed E-state index contributed by atoms with van der Waals surface area (Å²) in [5.41, 5.74) is 2.73. The molecule has 0 aliphatic carbocycles. The summed E-state index contributed by atoms with van der Waals surface area (Å²) in [6.07, 6.45) is 5.38. The topological polar surface area (TPSA) is 3.24 Å². The predicted molar refractivity (Wildman–Crippen MR) is 82.4 cm³/mol. The molecule has 0 heterocycles. The van der Waals surface area contributed by atoms with Crippen LogP contribution < -0.4 is 4.90 Å². The predicted octanol–water partition coefficient (Wildman–Crippen LogP) is 5.04. The van der Waals surface area contributed by atoms with Crippen LogP contribution in [0.3, 0.4) is 0 Å². The van der Waals surface area contributed by atoms with E-state index in [0.717, 1.165) is 12.5 Å². The van der Waals surface area contributed by atoms with E-state index < -0.39 is 0 Å². The standard InChI is InChI=1S/C17H29N/c1-5-7-9-15(3)12-13-18(6-2)17-11-8-10-16(4)14-17/h8,10-11,14-15H,5-7,9,12-13H2,1-4H3. The molecule has 1 nitrogen and oxygen atoms in total. The molecule has 0 N–H and O–H groups in total. The average molecular weight is 247 g/mol. The molecule has 0 fully saturated rings. The number of unbranched alkanes of at least 4 members (excludes halogenated alkanes) is 1. The van der Waals surface area contributed by atoms with Crippen LogP contribution in [-0.4, -0.2) is 13.1 Å². The SMILES string of the molecule is CCCCC(C)CCN(CC)c1cccc(C)c1. The van der Waals surface area contributed by atoms with Crippen LogP contribution in [0, 0.1) is 12.8 Å². The summed E-state index contributed by atoms with van der Waals surface area (Å²) in [5, 5.41) is 0. The Labute approximate surface area is 113 Å². The third-order valence-electron chi connectivity index (χ3n) is 3.69. The van der Waals surface area contributed by atoms with Crippen LogP contribution in [0.2, 0.25) is 0 Å². The maximum atomic E-state index is 2.50. The number of anilines is 1. The minimum Gasteiger partial charge on any atom is -0.372 e. The Bertz CT molecular complexity index is 332. The molecule has 1 heteroatoms. The summed E-state index contributed by atoms with van der Waals surface area (Å²) in [5.74, 6) is 0.851. The summed E-state index contributed by atoms with van der Waals surface area (Å²) >= 11 is 0. The quantitative estimate of drug-likeness (QED) is 0.622. The second-order valence-corrected chi connectivity index (χ2v) is 5.45. The van der Waals surface area contributed by atoms with Gasteiger partial charge in [0.25, 0.3) is 0 Å². The lowest BCUT2D eigenvalue weighted by atomic mass is 10.0. The van der Waals surface area contributed by atoms with Gasteiger partial charge in [0, 0.05) is 18.8 Å². The van der Waals surface area contributed by atoms with E-state index in [1.807, 2.05) is 0 Å². The van der Waals surface area contributed by atoms with Crippen LogP contribution in [0.4, 0.5) is 5.69 Å². The van der Waals surface area contributed by atoms with Gasteiger partial charge in [0.15, 0.2) is 0 Å². The molecule has 1 rings (SSSR count). The fraction of sp³-hybridized carbons (Fsp3) is 0.647. The van der Waals surface area contributed by atoms with E-state index in [4.69, 9.17) is 0 Å². The van der Waals surface area contributed by atoms with E-state index in [2.05, 4.69) is 56.9 Å². The maximum Gasteiger partial charge on any atom is 0.0368 e. The lowest BCUT2D eigenvalue weighted by molar-refractivity contribution is 0.470. The van der Waals surface area contributed by atoms with Crippen molar-refractivity contribution < 1.29 is 0 Å². The zero-order chi connectivity index (χ0) is 13.4. The van der Waals surface area contributed by atoms with E-state index in [1.54, 1.807) is 0 Å². The molecule has 0 saturated carbocycles. The van der Waals surface area contributed by atoms with Crippen LogP contribution in [-0.2, 0) is 0 Å². The molecule has 1 aromatic rings. The van der Waals surface area contributed by atoms with Gasteiger partial charge in [0.1, 0.15) is 0 Å². The highest BCUT2D eigenvalue weighted by Gasteiger charge is 2.07. The van der Waals surface area contributed by atoms with Gasteiger partial charge in [-0.25, -0.2) is 0 Å². The molecule has 0 aliphatic rings. The molecule has 1 atom stereocenters. The minimum atomic E-state index is 0.851. The molecule has 1 aromatic carbocycles. The molecule has 102 valence electrons. The first-order valence-electron chi connectivity index (χ1n) is 7.49. The maximum absolute atomic E-state index is 2.50. The Morgan fingerprint density at radius 3 is 2.56 bits per heavy atom. The fourth-order valence-electron chi connectivity index (χ4n) is 2.37. The first kappa shape index (κ1) is 15.1. The smallest absolute Gasteiger partial charge is 0.0368 e. The second kappa shape index (κ2) is 8.18. The van der Waals surface area contributed by atoms with Crippen molar-refractivity contribution in [2.75, 3.05) is 18.0 Å². The highest BCUT2D eigenvalue weighted by molar-refractivity contribution is 5.48. The van der Waals surface area contributed by atoms with Crippen molar-refractivity contribution in [3.05, 3.63) is 29.8 Å². The van der Waals surface area contributed by atoms with E-state index in [0.29, 0.717) is 0 Å². The zero-order valence-electron chi connectivity index (χ0n) is 12.6. The number of hydrogen-bond acceptors (Lipinski definition) is 1. The molecule has 0 aromatic heterocycles. The van der Waals surface area contributed by atoms with Gasteiger partial charge in [-0.2, -0.15) is 0 Å². The van der Waals surface area contributed by atoms with Gasteiger partial charge in [-0.15, -0.1) is 0 Å². The van der Waals surface area contributed by atoms with Crippen molar-refractivity contribution in [1.29, 1.82) is 0 Å². The Balaban J connectivity index is 2.47. The van der Waals surface area contributed by atoms with Crippen LogP contribution in [0.25, 0.3) is 0 Å². The van der Waals surface area contributed by atoms with Gasteiger partial charge >= 0.3 is 0 Å². The normalized spacial score (nSPS) is 12.4. The first-order valence-corrected chi connectivity index (χ1v) is 7.49. The van der Waals surface area contributed by atoms with Gasteiger partial charge in [-0.1, -0.05) is 45.2 Å². The van der Waals surface area contributed by atoms with Crippen molar-refractivity contribution in [3.8, 4) is 0 Å². The Morgan fingerprint density at radius 1 is 1.17 bits per heavy atom. The first-order chi connectivity index (χ1) is 8.67. The zero-order valence-corrected chi connectivity index (χ0v) is 12.6. The molecule has 0 radical (unpaired) electrons.